The summed E-state index contributed by atoms with van der Waals surface area (Å²) in [6.07, 6.45) is 2.23. The molecule has 0 spiro atoms. The van der Waals surface area contributed by atoms with Gasteiger partial charge in [0, 0.05) is 23.3 Å². The zero-order valence-electron chi connectivity index (χ0n) is 13.8. The van der Waals surface area contributed by atoms with E-state index >= 15 is 0 Å². The molecule has 0 aliphatic rings. The Balaban J connectivity index is 1.64. The van der Waals surface area contributed by atoms with Crippen LogP contribution in [0.15, 0.2) is 60.9 Å². The van der Waals surface area contributed by atoms with Gasteiger partial charge in [-0.25, -0.2) is 9.37 Å². The van der Waals surface area contributed by atoms with E-state index in [9.17, 15) is 9.50 Å². The molecule has 0 saturated carbocycles. The number of ether oxygens (including phenoxy) is 1. The summed E-state index contributed by atoms with van der Waals surface area (Å²) in [5.74, 6) is 0.570. The first-order valence-electron chi connectivity index (χ1n) is 8.22. The molecule has 2 aromatic carbocycles. The van der Waals surface area contributed by atoms with Gasteiger partial charge in [-0.1, -0.05) is 12.1 Å². The number of aliphatic hydroxyl groups is 1. The van der Waals surface area contributed by atoms with Crippen molar-refractivity contribution in [1.29, 1.82) is 0 Å². The van der Waals surface area contributed by atoms with Gasteiger partial charge in [-0.15, -0.1) is 0 Å². The number of benzene rings is 2. The van der Waals surface area contributed by atoms with Crippen molar-refractivity contribution >= 4 is 21.9 Å². The standard InChI is InChI=1S/C20H16FN3O2/c21-11-15(25)12-26-16-3-6-18-13(9-16)1-4-17(24-18)14-2-5-19-20(10-14)23-8-7-22-19/h1-10,15,25H,11-12H2. The molecule has 2 heterocycles. The number of aliphatic hydroxyl groups excluding tert-OH is 1. The van der Waals surface area contributed by atoms with E-state index in [1.54, 1.807) is 18.5 Å². The highest BCUT2D eigenvalue weighted by molar-refractivity contribution is 5.85. The first-order valence-corrected chi connectivity index (χ1v) is 8.22. The molecule has 0 radical (unpaired) electrons. The SMILES string of the molecule is OC(CF)COc1ccc2nc(-c3ccc4nccnc4c3)ccc2c1. The summed E-state index contributed by atoms with van der Waals surface area (Å²) in [4.78, 5) is 13.3. The van der Waals surface area contributed by atoms with E-state index in [-0.39, 0.29) is 6.61 Å². The molecule has 0 fully saturated rings. The lowest BCUT2D eigenvalue weighted by Crippen LogP contribution is -2.19. The van der Waals surface area contributed by atoms with Gasteiger partial charge in [0.2, 0.25) is 0 Å². The monoisotopic (exact) mass is 349 g/mol. The fraction of sp³-hybridized carbons (Fsp3) is 0.150. The molecule has 130 valence electrons. The minimum Gasteiger partial charge on any atom is -0.491 e. The molecular weight excluding hydrogens is 333 g/mol. The summed E-state index contributed by atoms with van der Waals surface area (Å²) in [7, 11) is 0. The Hall–Kier alpha value is -3.12. The second-order valence-corrected chi connectivity index (χ2v) is 5.93. The first-order chi connectivity index (χ1) is 12.7. The highest BCUT2D eigenvalue weighted by atomic mass is 19.1. The molecule has 0 saturated heterocycles. The third-order valence-electron chi connectivity index (χ3n) is 4.05. The maximum absolute atomic E-state index is 12.3. The van der Waals surface area contributed by atoms with Gasteiger partial charge in [-0.3, -0.25) is 9.97 Å². The van der Waals surface area contributed by atoms with Gasteiger partial charge < -0.3 is 9.84 Å². The molecule has 4 aromatic rings. The van der Waals surface area contributed by atoms with Crippen molar-refractivity contribution in [3.8, 4) is 17.0 Å². The van der Waals surface area contributed by atoms with Crippen molar-refractivity contribution in [3.63, 3.8) is 0 Å². The normalized spacial score (nSPS) is 12.4. The molecule has 0 amide bonds. The van der Waals surface area contributed by atoms with Crippen LogP contribution in [-0.4, -0.2) is 39.4 Å². The number of halogens is 1. The Morgan fingerprint density at radius 1 is 0.923 bits per heavy atom. The topological polar surface area (TPSA) is 68.1 Å². The minimum atomic E-state index is -1.11. The Bertz CT molecular complexity index is 1070. The van der Waals surface area contributed by atoms with Crippen LogP contribution in [0.2, 0.25) is 0 Å². The van der Waals surface area contributed by atoms with E-state index in [0.29, 0.717) is 5.75 Å². The fourth-order valence-corrected chi connectivity index (χ4v) is 2.71. The van der Waals surface area contributed by atoms with Crippen LogP contribution in [0.1, 0.15) is 0 Å². The summed E-state index contributed by atoms with van der Waals surface area (Å²) in [6.45, 7) is -0.903. The van der Waals surface area contributed by atoms with E-state index in [1.807, 2.05) is 42.5 Å². The van der Waals surface area contributed by atoms with Crippen LogP contribution in [0.3, 0.4) is 0 Å². The Labute approximate surface area is 149 Å². The lowest BCUT2D eigenvalue weighted by molar-refractivity contribution is 0.0842. The van der Waals surface area contributed by atoms with Gasteiger partial charge in [0.1, 0.15) is 25.1 Å². The molecule has 0 aliphatic carbocycles. The van der Waals surface area contributed by atoms with E-state index < -0.39 is 12.8 Å². The molecule has 1 N–H and O–H groups in total. The average molecular weight is 349 g/mol. The van der Waals surface area contributed by atoms with Crippen molar-refractivity contribution in [1.82, 2.24) is 15.0 Å². The minimum absolute atomic E-state index is 0.0777. The molecule has 5 nitrogen and oxygen atoms in total. The number of nitrogens with zero attached hydrogens (tertiary/aromatic N) is 3. The number of fused-ring (bicyclic) bond motifs is 2. The van der Waals surface area contributed by atoms with E-state index in [0.717, 1.165) is 33.2 Å². The van der Waals surface area contributed by atoms with E-state index in [4.69, 9.17) is 9.72 Å². The highest BCUT2D eigenvalue weighted by Crippen LogP contribution is 2.25. The van der Waals surface area contributed by atoms with Crippen LogP contribution in [0.25, 0.3) is 33.2 Å². The third-order valence-corrected chi connectivity index (χ3v) is 4.05. The largest absolute Gasteiger partial charge is 0.491 e. The van der Waals surface area contributed by atoms with Crippen LogP contribution in [0, 0.1) is 0 Å². The fourth-order valence-electron chi connectivity index (χ4n) is 2.71. The second kappa shape index (κ2) is 7.01. The van der Waals surface area contributed by atoms with Crippen molar-refractivity contribution in [2.45, 2.75) is 6.10 Å². The van der Waals surface area contributed by atoms with Crippen LogP contribution < -0.4 is 4.74 Å². The maximum atomic E-state index is 12.3. The number of hydrogen-bond acceptors (Lipinski definition) is 5. The van der Waals surface area contributed by atoms with Crippen molar-refractivity contribution in [2.75, 3.05) is 13.3 Å². The summed E-state index contributed by atoms with van der Waals surface area (Å²) in [5, 5.41) is 10.2. The third kappa shape index (κ3) is 3.32. The second-order valence-electron chi connectivity index (χ2n) is 5.93. The van der Waals surface area contributed by atoms with E-state index in [2.05, 4.69) is 9.97 Å². The maximum Gasteiger partial charge on any atom is 0.120 e. The zero-order valence-corrected chi connectivity index (χ0v) is 13.8. The summed E-state index contributed by atoms with van der Waals surface area (Å²) < 4.78 is 17.7. The first kappa shape index (κ1) is 16.4. The Morgan fingerprint density at radius 3 is 2.58 bits per heavy atom. The molecule has 6 heteroatoms. The van der Waals surface area contributed by atoms with Crippen molar-refractivity contribution < 1.29 is 14.2 Å². The molecule has 0 aliphatic heterocycles. The predicted octanol–water partition coefficient (Wildman–Crippen LogP) is 3.55. The molecular formula is C20H16FN3O2. The molecule has 1 unspecified atom stereocenters. The molecule has 26 heavy (non-hydrogen) atoms. The van der Waals surface area contributed by atoms with E-state index in [1.165, 1.54) is 0 Å². The van der Waals surface area contributed by atoms with Gasteiger partial charge in [0.15, 0.2) is 0 Å². The molecule has 4 rings (SSSR count). The molecule has 1 atom stereocenters. The highest BCUT2D eigenvalue weighted by Gasteiger charge is 2.07. The van der Waals surface area contributed by atoms with Crippen molar-refractivity contribution in [2.24, 2.45) is 0 Å². The summed E-state index contributed by atoms with van der Waals surface area (Å²) in [5.41, 5.74) is 4.29. The van der Waals surface area contributed by atoms with Gasteiger partial charge >= 0.3 is 0 Å². The number of rotatable bonds is 5. The predicted molar refractivity (Wildman–Crippen MR) is 97.8 cm³/mol. The van der Waals surface area contributed by atoms with Gasteiger partial charge in [-0.2, -0.15) is 0 Å². The summed E-state index contributed by atoms with van der Waals surface area (Å²) in [6, 6.07) is 15.2. The summed E-state index contributed by atoms with van der Waals surface area (Å²) >= 11 is 0. The lowest BCUT2D eigenvalue weighted by Gasteiger charge is -2.10. The molecule has 2 aromatic heterocycles. The Kier molecular flexibility index (Phi) is 4.41. The van der Waals surface area contributed by atoms with Gasteiger partial charge in [0.25, 0.3) is 0 Å². The molecule has 0 bridgehead atoms. The van der Waals surface area contributed by atoms with Crippen molar-refractivity contribution in [3.05, 3.63) is 60.9 Å². The number of hydrogen-bond donors (Lipinski definition) is 1. The van der Waals surface area contributed by atoms with Gasteiger partial charge in [0.05, 0.1) is 22.2 Å². The lowest BCUT2D eigenvalue weighted by atomic mass is 10.1. The smallest absolute Gasteiger partial charge is 0.120 e. The zero-order chi connectivity index (χ0) is 17.9. The Morgan fingerprint density at radius 2 is 1.73 bits per heavy atom. The quantitative estimate of drug-likeness (QED) is 0.597. The number of aromatic nitrogens is 3. The van der Waals surface area contributed by atoms with Crippen LogP contribution >= 0.6 is 0 Å². The van der Waals surface area contributed by atoms with Gasteiger partial charge in [-0.05, 0) is 36.4 Å². The number of alkyl halides is 1. The van der Waals surface area contributed by atoms with Crippen LogP contribution in [0.4, 0.5) is 4.39 Å². The average Bonchev–Trinajstić information content (AvgIpc) is 2.71. The van der Waals surface area contributed by atoms with Crippen LogP contribution in [-0.2, 0) is 0 Å². The number of pyridine rings is 1. The van der Waals surface area contributed by atoms with Crippen LogP contribution in [0.5, 0.6) is 5.75 Å².